The van der Waals surface area contributed by atoms with Crippen LogP contribution in [0.15, 0.2) is 24.3 Å². The third-order valence-corrected chi connectivity index (χ3v) is 4.07. The molecule has 2 nitrogen and oxygen atoms in total. The lowest BCUT2D eigenvalue weighted by atomic mass is 9.74. The summed E-state index contributed by atoms with van der Waals surface area (Å²) in [6, 6.07) is 7.81. The van der Waals surface area contributed by atoms with Crippen molar-refractivity contribution >= 4 is 0 Å². The van der Waals surface area contributed by atoms with E-state index in [4.69, 9.17) is 4.74 Å². The number of methoxy groups -OCH3 is 1. The van der Waals surface area contributed by atoms with Gasteiger partial charge in [-0.05, 0) is 43.4 Å². The fourth-order valence-corrected chi connectivity index (χ4v) is 2.83. The van der Waals surface area contributed by atoms with Gasteiger partial charge in [0.2, 0.25) is 0 Å². The number of ether oxygens (including phenoxy) is 1. The Morgan fingerprint density at radius 2 is 1.71 bits per heavy atom. The van der Waals surface area contributed by atoms with Crippen LogP contribution in [0.4, 0.5) is 0 Å². The Bertz CT molecular complexity index is 348. The summed E-state index contributed by atoms with van der Waals surface area (Å²) in [5, 5.41) is 10.7. The maximum atomic E-state index is 10.7. The molecule has 1 aromatic carbocycles. The molecule has 1 aromatic rings. The molecule has 1 aliphatic rings. The van der Waals surface area contributed by atoms with E-state index in [1.54, 1.807) is 7.11 Å². The topological polar surface area (TPSA) is 29.5 Å². The zero-order chi connectivity index (χ0) is 12.3. The lowest BCUT2D eigenvalue weighted by Crippen LogP contribution is -2.33. The molecule has 0 bridgehead atoms. The second-order valence-corrected chi connectivity index (χ2v) is 5.21. The average Bonchev–Trinajstić information content (AvgIpc) is 2.40. The average molecular weight is 234 g/mol. The van der Waals surface area contributed by atoms with Gasteiger partial charge >= 0.3 is 0 Å². The van der Waals surface area contributed by atoms with Gasteiger partial charge in [0.15, 0.2) is 0 Å². The Balaban J connectivity index is 2.17. The Hall–Kier alpha value is -1.02. The monoisotopic (exact) mass is 234 g/mol. The Kier molecular flexibility index (Phi) is 3.72. The first-order chi connectivity index (χ1) is 8.14. The van der Waals surface area contributed by atoms with Gasteiger partial charge in [-0.3, -0.25) is 0 Å². The highest BCUT2D eigenvalue weighted by molar-refractivity contribution is 5.31. The number of benzene rings is 1. The van der Waals surface area contributed by atoms with Crippen LogP contribution >= 0.6 is 0 Å². The van der Waals surface area contributed by atoms with E-state index in [0.717, 1.165) is 24.2 Å². The molecule has 0 aromatic heterocycles. The van der Waals surface area contributed by atoms with Crippen molar-refractivity contribution < 1.29 is 9.84 Å². The van der Waals surface area contributed by atoms with Crippen LogP contribution in [0.5, 0.6) is 5.75 Å². The number of hydrogen-bond acceptors (Lipinski definition) is 2. The van der Waals surface area contributed by atoms with Crippen LogP contribution in [0.25, 0.3) is 0 Å². The lowest BCUT2D eigenvalue weighted by molar-refractivity contribution is -0.0215. The molecular weight excluding hydrogens is 212 g/mol. The Labute approximate surface area is 104 Å². The molecular formula is C15H22O2. The van der Waals surface area contributed by atoms with Crippen LogP contribution in [-0.4, -0.2) is 12.2 Å². The van der Waals surface area contributed by atoms with Crippen LogP contribution in [0, 0.1) is 5.92 Å². The first-order valence-electron chi connectivity index (χ1n) is 6.51. The van der Waals surface area contributed by atoms with Gasteiger partial charge < -0.3 is 9.84 Å². The molecule has 1 unspecified atom stereocenters. The molecule has 1 aliphatic carbocycles. The summed E-state index contributed by atoms with van der Waals surface area (Å²) in [4.78, 5) is 0. The number of hydrogen-bond donors (Lipinski definition) is 1. The molecule has 0 heterocycles. The van der Waals surface area contributed by atoms with Crippen molar-refractivity contribution in [2.45, 2.75) is 44.6 Å². The maximum absolute atomic E-state index is 10.7. The Morgan fingerprint density at radius 1 is 1.12 bits per heavy atom. The molecule has 0 aliphatic heterocycles. The zero-order valence-corrected chi connectivity index (χ0v) is 10.8. The SMILES string of the molecule is COc1ccc(C(C)(O)C2CCCCC2)cc1. The molecule has 1 fully saturated rings. The molecule has 0 spiro atoms. The second-order valence-electron chi connectivity index (χ2n) is 5.21. The highest BCUT2D eigenvalue weighted by Gasteiger charge is 2.34. The molecule has 0 saturated heterocycles. The molecule has 1 N–H and O–H groups in total. The van der Waals surface area contributed by atoms with Gasteiger partial charge in [-0.2, -0.15) is 0 Å². The minimum Gasteiger partial charge on any atom is -0.497 e. The minimum atomic E-state index is -0.702. The third-order valence-electron chi connectivity index (χ3n) is 4.07. The lowest BCUT2D eigenvalue weighted by Gasteiger charge is -2.36. The minimum absolute atomic E-state index is 0.393. The number of aliphatic hydroxyl groups is 1. The summed E-state index contributed by atoms with van der Waals surface area (Å²) in [6.45, 7) is 1.95. The highest BCUT2D eigenvalue weighted by Crippen LogP contribution is 2.39. The summed E-state index contributed by atoms with van der Waals surface area (Å²) in [6.07, 6.45) is 6.08. The predicted molar refractivity (Wildman–Crippen MR) is 69.1 cm³/mol. The summed E-state index contributed by atoms with van der Waals surface area (Å²) in [7, 11) is 1.66. The molecule has 94 valence electrons. The van der Waals surface area contributed by atoms with Gasteiger partial charge in [0.1, 0.15) is 5.75 Å². The van der Waals surface area contributed by atoms with Crippen molar-refractivity contribution in [3.8, 4) is 5.75 Å². The smallest absolute Gasteiger partial charge is 0.118 e. The van der Waals surface area contributed by atoms with Crippen molar-refractivity contribution in [1.29, 1.82) is 0 Å². The summed E-state index contributed by atoms with van der Waals surface area (Å²) >= 11 is 0. The third kappa shape index (κ3) is 2.63. The van der Waals surface area contributed by atoms with Gasteiger partial charge in [-0.15, -0.1) is 0 Å². The summed E-state index contributed by atoms with van der Waals surface area (Å²) < 4.78 is 5.15. The molecule has 1 saturated carbocycles. The van der Waals surface area contributed by atoms with E-state index in [9.17, 15) is 5.11 Å². The van der Waals surface area contributed by atoms with E-state index in [0.29, 0.717) is 5.92 Å². The number of rotatable bonds is 3. The van der Waals surface area contributed by atoms with Gasteiger partial charge in [-0.1, -0.05) is 31.4 Å². The van der Waals surface area contributed by atoms with E-state index in [2.05, 4.69) is 0 Å². The molecule has 1 atom stereocenters. The van der Waals surface area contributed by atoms with E-state index in [-0.39, 0.29) is 0 Å². The van der Waals surface area contributed by atoms with E-state index < -0.39 is 5.60 Å². The van der Waals surface area contributed by atoms with Crippen molar-refractivity contribution in [1.82, 2.24) is 0 Å². The van der Waals surface area contributed by atoms with Gasteiger partial charge in [0, 0.05) is 0 Å². The molecule has 0 amide bonds. The normalized spacial score (nSPS) is 20.9. The van der Waals surface area contributed by atoms with Gasteiger partial charge in [-0.25, -0.2) is 0 Å². The van der Waals surface area contributed by atoms with Crippen molar-refractivity contribution in [3.63, 3.8) is 0 Å². The van der Waals surface area contributed by atoms with Crippen LogP contribution < -0.4 is 4.74 Å². The van der Waals surface area contributed by atoms with Crippen LogP contribution in [0.1, 0.15) is 44.6 Å². The molecule has 2 rings (SSSR count). The second kappa shape index (κ2) is 5.09. The Morgan fingerprint density at radius 3 is 2.24 bits per heavy atom. The summed E-state index contributed by atoms with van der Waals surface area (Å²) in [5.74, 6) is 1.23. The predicted octanol–water partition coefficient (Wildman–Crippen LogP) is 3.48. The molecule has 0 radical (unpaired) electrons. The van der Waals surface area contributed by atoms with E-state index >= 15 is 0 Å². The fraction of sp³-hybridized carbons (Fsp3) is 0.600. The van der Waals surface area contributed by atoms with Crippen LogP contribution in [-0.2, 0) is 5.60 Å². The fourth-order valence-electron chi connectivity index (χ4n) is 2.83. The molecule has 2 heteroatoms. The van der Waals surface area contributed by atoms with Gasteiger partial charge in [0.05, 0.1) is 12.7 Å². The first-order valence-corrected chi connectivity index (χ1v) is 6.51. The van der Waals surface area contributed by atoms with Crippen LogP contribution in [0.2, 0.25) is 0 Å². The van der Waals surface area contributed by atoms with Crippen molar-refractivity contribution in [3.05, 3.63) is 29.8 Å². The zero-order valence-electron chi connectivity index (χ0n) is 10.8. The maximum Gasteiger partial charge on any atom is 0.118 e. The largest absolute Gasteiger partial charge is 0.497 e. The van der Waals surface area contributed by atoms with E-state index in [1.165, 1.54) is 19.3 Å². The van der Waals surface area contributed by atoms with E-state index in [1.807, 2.05) is 31.2 Å². The first kappa shape index (κ1) is 12.4. The van der Waals surface area contributed by atoms with Crippen molar-refractivity contribution in [2.75, 3.05) is 7.11 Å². The standard InChI is InChI=1S/C15H22O2/c1-15(16,12-6-4-3-5-7-12)13-8-10-14(17-2)11-9-13/h8-12,16H,3-7H2,1-2H3. The molecule has 17 heavy (non-hydrogen) atoms. The summed E-state index contributed by atoms with van der Waals surface area (Å²) in [5.41, 5.74) is 0.303. The quantitative estimate of drug-likeness (QED) is 0.867. The van der Waals surface area contributed by atoms with Crippen molar-refractivity contribution in [2.24, 2.45) is 5.92 Å². The highest BCUT2D eigenvalue weighted by atomic mass is 16.5. The van der Waals surface area contributed by atoms with Crippen LogP contribution in [0.3, 0.4) is 0 Å². The van der Waals surface area contributed by atoms with Gasteiger partial charge in [0.25, 0.3) is 0 Å².